The Morgan fingerprint density at radius 3 is 2.93 bits per heavy atom. The molecule has 9 heteroatoms. The zero-order valence-electron chi connectivity index (χ0n) is 15.3. The lowest BCUT2D eigenvalue weighted by Gasteiger charge is -2.33. The Kier molecular flexibility index (Phi) is 5.01. The molecular weight excluding hydrogens is 352 g/mol. The number of Topliss-reactive ketones (excluding diaryl/α,β-unsaturated/α-hetero) is 1. The summed E-state index contributed by atoms with van der Waals surface area (Å²) in [4.78, 5) is 32.4. The third-order valence-electron chi connectivity index (χ3n) is 4.67. The number of H-pyrrole nitrogens is 1. The predicted molar refractivity (Wildman–Crippen MR) is 97.1 cm³/mol. The lowest BCUT2D eigenvalue weighted by atomic mass is 9.76. The van der Waals surface area contributed by atoms with E-state index in [4.69, 9.17) is 4.74 Å². The van der Waals surface area contributed by atoms with E-state index in [1.54, 1.807) is 39.5 Å². The molecule has 27 heavy (non-hydrogen) atoms. The topological polar surface area (TPSA) is 128 Å². The first kappa shape index (κ1) is 19.0. The van der Waals surface area contributed by atoms with E-state index >= 15 is 0 Å². The van der Waals surface area contributed by atoms with Crippen LogP contribution in [0.1, 0.15) is 18.9 Å². The number of nitrogens with zero attached hydrogens (tertiary/aromatic N) is 2. The van der Waals surface area contributed by atoms with Crippen molar-refractivity contribution in [1.82, 2.24) is 20.4 Å². The largest absolute Gasteiger partial charge is 0.480 e. The van der Waals surface area contributed by atoms with E-state index in [1.165, 1.54) is 11.1 Å². The van der Waals surface area contributed by atoms with Crippen LogP contribution in [0.3, 0.4) is 0 Å². The van der Waals surface area contributed by atoms with Crippen molar-refractivity contribution in [3.05, 3.63) is 35.8 Å². The van der Waals surface area contributed by atoms with Gasteiger partial charge >= 0.3 is 5.97 Å². The summed E-state index contributed by atoms with van der Waals surface area (Å²) in [7, 11) is 3.29. The molecule has 0 saturated carbocycles. The predicted octanol–water partition coefficient (Wildman–Crippen LogP) is 0.737. The van der Waals surface area contributed by atoms with Crippen molar-refractivity contribution in [2.75, 3.05) is 14.1 Å². The molecule has 1 fully saturated rings. The van der Waals surface area contributed by atoms with Crippen molar-refractivity contribution < 1.29 is 24.5 Å². The smallest absolute Gasteiger partial charge is 0.325 e. The molecule has 0 spiro atoms. The number of allylic oxidation sites excluding steroid dienone is 1. The second kappa shape index (κ2) is 7.10. The van der Waals surface area contributed by atoms with Gasteiger partial charge in [-0.05, 0) is 24.6 Å². The third-order valence-corrected chi connectivity index (χ3v) is 4.67. The molecule has 3 rings (SSSR count). The first-order chi connectivity index (χ1) is 12.8. The van der Waals surface area contributed by atoms with Gasteiger partial charge in [-0.2, -0.15) is 0 Å². The monoisotopic (exact) mass is 374 g/mol. The van der Waals surface area contributed by atoms with E-state index in [0.29, 0.717) is 11.2 Å². The van der Waals surface area contributed by atoms with Crippen LogP contribution in [0, 0.1) is 5.41 Å². The standard InChI is InChI=1S/C18H22N4O5/c1-4-13(23)18(17(25)26)14(24)12(27-16(18)21-22(2)3)8-10-9-20-15-11(10)6-5-7-19-15/h5-9,13,16,21,23H,4H2,1-3H3,(H,19,20)(H,25,26)/b12-8-. The number of aromatic amines is 1. The Morgan fingerprint density at radius 2 is 2.30 bits per heavy atom. The van der Waals surface area contributed by atoms with Gasteiger partial charge in [-0.15, -0.1) is 0 Å². The van der Waals surface area contributed by atoms with Gasteiger partial charge in [-0.25, -0.2) is 15.4 Å². The number of carbonyl (C=O) groups excluding carboxylic acids is 1. The van der Waals surface area contributed by atoms with Crippen LogP contribution in [0.2, 0.25) is 0 Å². The van der Waals surface area contributed by atoms with Gasteiger partial charge in [0.05, 0.1) is 6.10 Å². The van der Waals surface area contributed by atoms with Crippen LogP contribution in [-0.2, 0) is 14.3 Å². The summed E-state index contributed by atoms with van der Waals surface area (Å²) in [6.45, 7) is 1.61. The highest BCUT2D eigenvalue weighted by molar-refractivity contribution is 6.15. The Balaban J connectivity index is 2.10. The van der Waals surface area contributed by atoms with Crippen molar-refractivity contribution in [3.8, 4) is 0 Å². The highest BCUT2D eigenvalue weighted by Gasteiger charge is 2.65. The first-order valence-electron chi connectivity index (χ1n) is 8.52. The van der Waals surface area contributed by atoms with Gasteiger partial charge in [-0.1, -0.05) is 6.92 Å². The molecule has 9 nitrogen and oxygen atoms in total. The Bertz CT molecular complexity index is 906. The van der Waals surface area contributed by atoms with Crippen molar-refractivity contribution in [1.29, 1.82) is 0 Å². The molecule has 0 amide bonds. The van der Waals surface area contributed by atoms with Crippen LogP contribution in [0.5, 0.6) is 0 Å². The summed E-state index contributed by atoms with van der Waals surface area (Å²) in [6.07, 6.45) is 2.18. The number of fused-ring (bicyclic) bond motifs is 1. The third kappa shape index (κ3) is 2.99. The maximum atomic E-state index is 13.1. The number of carbonyl (C=O) groups is 2. The van der Waals surface area contributed by atoms with Gasteiger partial charge in [-0.3, -0.25) is 9.59 Å². The molecule has 4 N–H and O–H groups in total. The van der Waals surface area contributed by atoms with E-state index < -0.39 is 29.5 Å². The average molecular weight is 374 g/mol. The van der Waals surface area contributed by atoms with Gasteiger partial charge in [0.2, 0.25) is 11.2 Å². The lowest BCUT2D eigenvalue weighted by molar-refractivity contribution is -0.170. The fraction of sp³-hybridized carbons (Fsp3) is 0.389. The fourth-order valence-corrected chi connectivity index (χ4v) is 3.30. The number of aromatic nitrogens is 2. The van der Waals surface area contributed by atoms with Gasteiger partial charge < -0.3 is 19.9 Å². The van der Waals surface area contributed by atoms with E-state index in [0.717, 1.165) is 5.39 Å². The molecule has 2 aromatic heterocycles. The minimum absolute atomic E-state index is 0.0806. The molecule has 1 aliphatic rings. The second-order valence-corrected chi connectivity index (χ2v) is 6.60. The van der Waals surface area contributed by atoms with Crippen LogP contribution in [0.4, 0.5) is 0 Å². The Labute approximate surface area is 155 Å². The molecule has 0 bridgehead atoms. The molecule has 1 aliphatic heterocycles. The number of pyridine rings is 1. The molecule has 3 unspecified atom stereocenters. The molecule has 2 aromatic rings. The highest BCUT2D eigenvalue weighted by atomic mass is 16.5. The summed E-state index contributed by atoms with van der Waals surface area (Å²) in [5.74, 6) is -2.35. The number of hydrazine groups is 1. The minimum atomic E-state index is -2.14. The summed E-state index contributed by atoms with van der Waals surface area (Å²) in [5, 5.41) is 22.6. The fourth-order valence-electron chi connectivity index (χ4n) is 3.30. The maximum absolute atomic E-state index is 13.1. The molecule has 0 radical (unpaired) electrons. The number of rotatable bonds is 6. The minimum Gasteiger partial charge on any atom is -0.480 e. The molecule has 1 saturated heterocycles. The molecular formula is C18H22N4O5. The van der Waals surface area contributed by atoms with Crippen LogP contribution < -0.4 is 5.43 Å². The number of ether oxygens (including phenoxy) is 1. The lowest BCUT2D eigenvalue weighted by Crippen LogP contribution is -2.59. The van der Waals surface area contributed by atoms with E-state index in [9.17, 15) is 19.8 Å². The Morgan fingerprint density at radius 1 is 1.56 bits per heavy atom. The number of aliphatic hydroxyl groups excluding tert-OH is 1. The first-order valence-corrected chi connectivity index (χ1v) is 8.52. The van der Waals surface area contributed by atoms with Gasteiger partial charge in [0.1, 0.15) is 5.65 Å². The van der Waals surface area contributed by atoms with Crippen molar-refractivity contribution in [2.45, 2.75) is 25.7 Å². The number of carboxylic acids is 1. The number of hydrogen-bond acceptors (Lipinski definition) is 7. The number of carboxylic acid groups (broad SMARTS) is 1. The van der Waals surface area contributed by atoms with Crippen LogP contribution in [0.25, 0.3) is 17.1 Å². The zero-order valence-corrected chi connectivity index (χ0v) is 15.3. The van der Waals surface area contributed by atoms with E-state index in [2.05, 4.69) is 15.4 Å². The number of nitrogens with one attached hydrogen (secondary N) is 2. The van der Waals surface area contributed by atoms with E-state index in [-0.39, 0.29) is 12.2 Å². The highest BCUT2D eigenvalue weighted by Crippen LogP contribution is 2.42. The van der Waals surface area contributed by atoms with Crippen molar-refractivity contribution in [2.24, 2.45) is 5.41 Å². The van der Waals surface area contributed by atoms with Gasteiger partial charge in [0, 0.05) is 37.4 Å². The molecule has 3 heterocycles. The quantitative estimate of drug-likeness (QED) is 0.331. The molecule has 144 valence electrons. The summed E-state index contributed by atoms with van der Waals surface area (Å²) in [6, 6.07) is 3.58. The molecule has 3 atom stereocenters. The zero-order chi connectivity index (χ0) is 19.8. The SMILES string of the molecule is CCC(O)C1(C(=O)O)C(=O)/C(=C/c2c[nH]c3ncccc23)OC1NN(C)C. The number of aliphatic carboxylic acids is 1. The molecule has 0 aliphatic carbocycles. The van der Waals surface area contributed by atoms with Crippen molar-refractivity contribution >= 4 is 28.9 Å². The second-order valence-electron chi connectivity index (χ2n) is 6.60. The molecule has 0 aromatic carbocycles. The van der Waals surface area contributed by atoms with Crippen LogP contribution in [-0.4, -0.2) is 63.4 Å². The summed E-state index contributed by atoms with van der Waals surface area (Å²) >= 11 is 0. The van der Waals surface area contributed by atoms with Gasteiger partial charge in [0.25, 0.3) is 0 Å². The van der Waals surface area contributed by atoms with Crippen LogP contribution in [0.15, 0.2) is 30.3 Å². The average Bonchev–Trinajstić information content (AvgIpc) is 3.14. The van der Waals surface area contributed by atoms with E-state index in [1.807, 2.05) is 6.07 Å². The normalized spacial score (nSPS) is 25.3. The van der Waals surface area contributed by atoms with Gasteiger partial charge in [0.15, 0.2) is 12.0 Å². The van der Waals surface area contributed by atoms with Crippen molar-refractivity contribution in [3.63, 3.8) is 0 Å². The Hall–Kier alpha value is -2.75. The number of hydrogen-bond donors (Lipinski definition) is 4. The van der Waals surface area contributed by atoms with Crippen LogP contribution >= 0.6 is 0 Å². The summed E-state index contributed by atoms with van der Waals surface area (Å²) in [5.41, 5.74) is 1.92. The number of ketones is 1. The summed E-state index contributed by atoms with van der Waals surface area (Å²) < 4.78 is 5.69. The number of aliphatic hydroxyl groups is 1. The maximum Gasteiger partial charge on any atom is 0.325 e.